The summed E-state index contributed by atoms with van der Waals surface area (Å²) < 4.78 is 0. The molecule has 0 spiro atoms. The predicted octanol–water partition coefficient (Wildman–Crippen LogP) is 3.28. The first-order valence-electron chi connectivity index (χ1n) is 6.42. The molecule has 2 rings (SSSR count). The van der Waals surface area contributed by atoms with Gasteiger partial charge in [-0.25, -0.2) is 0 Å². The number of nitrogens with one attached hydrogen (secondary N) is 1. The summed E-state index contributed by atoms with van der Waals surface area (Å²) in [6.45, 7) is 2.12. The van der Waals surface area contributed by atoms with Crippen molar-refractivity contribution < 1.29 is 0 Å². The molecule has 0 saturated heterocycles. The van der Waals surface area contributed by atoms with E-state index in [4.69, 9.17) is 0 Å². The van der Waals surface area contributed by atoms with Crippen LogP contribution in [0.15, 0.2) is 48.8 Å². The lowest BCUT2D eigenvalue weighted by Crippen LogP contribution is -2.17. The van der Waals surface area contributed by atoms with Gasteiger partial charge in [-0.3, -0.25) is 4.98 Å². The van der Waals surface area contributed by atoms with Crippen molar-refractivity contribution in [1.82, 2.24) is 10.3 Å². The second kappa shape index (κ2) is 6.31. The van der Waals surface area contributed by atoms with E-state index in [1.165, 1.54) is 16.7 Å². The summed E-state index contributed by atoms with van der Waals surface area (Å²) >= 11 is 0. The summed E-state index contributed by atoms with van der Waals surface area (Å²) in [5, 5.41) is 3.39. The number of hydrogen-bond acceptors (Lipinski definition) is 2. The molecule has 0 fully saturated rings. The molecule has 0 amide bonds. The van der Waals surface area contributed by atoms with Gasteiger partial charge < -0.3 is 5.32 Å². The number of nitrogens with zero attached hydrogens (tertiary/aromatic N) is 1. The van der Waals surface area contributed by atoms with Gasteiger partial charge in [0.05, 0.1) is 0 Å². The van der Waals surface area contributed by atoms with Gasteiger partial charge in [-0.2, -0.15) is 0 Å². The normalized spacial score (nSPS) is 12.3. The molecule has 0 bridgehead atoms. The average molecular weight is 240 g/mol. The third kappa shape index (κ3) is 3.41. The molecule has 1 atom stereocenters. The second-order valence-electron chi connectivity index (χ2n) is 4.65. The van der Waals surface area contributed by atoms with Crippen molar-refractivity contribution in [3.63, 3.8) is 0 Å². The molecule has 0 saturated carbocycles. The number of hydrogen-bond donors (Lipinski definition) is 1. The molecule has 1 aromatic carbocycles. The molecule has 0 aliphatic heterocycles. The average Bonchev–Trinajstić information content (AvgIpc) is 2.42. The highest BCUT2D eigenvalue weighted by atomic mass is 14.9. The molecule has 94 valence electrons. The Bertz CT molecular complexity index is 462. The molecule has 1 aromatic heterocycles. The molecule has 2 heteroatoms. The molecule has 1 N–H and O–H groups in total. The zero-order chi connectivity index (χ0) is 12.8. The molecule has 1 unspecified atom stereocenters. The number of aryl methyl sites for hydroxylation is 2. The summed E-state index contributed by atoms with van der Waals surface area (Å²) in [5.74, 6) is 0. The van der Waals surface area contributed by atoms with E-state index >= 15 is 0 Å². The minimum Gasteiger partial charge on any atom is -0.313 e. The highest BCUT2D eigenvalue weighted by Crippen LogP contribution is 2.19. The number of pyridine rings is 1. The van der Waals surface area contributed by atoms with Crippen LogP contribution in [0.3, 0.4) is 0 Å². The van der Waals surface area contributed by atoms with E-state index in [2.05, 4.69) is 53.6 Å². The molecule has 2 aromatic rings. The Hall–Kier alpha value is -1.67. The predicted molar refractivity (Wildman–Crippen MR) is 75.5 cm³/mol. The largest absolute Gasteiger partial charge is 0.313 e. The van der Waals surface area contributed by atoms with Gasteiger partial charge in [-0.1, -0.05) is 29.8 Å². The van der Waals surface area contributed by atoms with Gasteiger partial charge >= 0.3 is 0 Å². The first-order chi connectivity index (χ1) is 8.79. The van der Waals surface area contributed by atoms with E-state index in [-0.39, 0.29) is 0 Å². The van der Waals surface area contributed by atoms with Crippen LogP contribution in [-0.4, -0.2) is 12.0 Å². The van der Waals surface area contributed by atoms with E-state index in [0.29, 0.717) is 6.04 Å². The maximum Gasteiger partial charge on any atom is 0.0320 e. The Morgan fingerprint density at radius 3 is 2.33 bits per heavy atom. The number of aromatic nitrogens is 1. The molecule has 18 heavy (non-hydrogen) atoms. The molecular weight excluding hydrogens is 220 g/mol. The molecular formula is C16H20N2. The van der Waals surface area contributed by atoms with Gasteiger partial charge in [0.15, 0.2) is 0 Å². The summed E-state index contributed by atoms with van der Waals surface area (Å²) in [4.78, 5) is 4.04. The Morgan fingerprint density at radius 1 is 1.06 bits per heavy atom. The van der Waals surface area contributed by atoms with Gasteiger partial charge in [-0.05, 0) is 50.1 Å². The number of rotatable bonds is 5. The fraction of sp³-hybridized carbons (Fsp3) is 0.312. The van der Waals surface area contributed by atoms with Gasteiger partial charge in [0.25, 0.3) is 0 Å². The zero-order valence-corrected chi connectivity index (χ0v) is 11.1. The Kier molecular flexibility index (Phi) is 4.48. The van der Waals surface area contributed by atoms with Crippen LogP contribution < -0.4 is 5.32 Å². The quantitative estimate of drug-likeness (QED) is 0.867. The van der Waals surface area contributed by atoms with E-state index in [1.54, 1.807) is 0 Å². The molecule has 0 aliphatic carbocycles. The standard InChI is InChI=1S/C16H20N2/c1-13-3-6-15(7-4-13)16(17-2)8-5-14-9-11-18-12-10-14/h3-4,6-7,9-12,16-17H,5,8H2,1-2H3. The topological polar surface area (TPSA) is 24.9 Å². The lowest BCUT2D eigenvalue weighted by Gasteiger charge is -2.16. The van der Waals surface area contributed by atoms with Crippen LogP contribution in [0.2, 0.25) is 0 Å². The van der Waals surface area contributed by atoms with Crippen molar-refractivity contribution in [3.05, 3.63) is 65.5 Å². The fourth-order valence-electron chi connectivity index (χ4n) is 2.14. The summed E-state index contributed by atoms with van der Waals surface area (Å²) in [5.41, 5.74) is 4.01. The maximum atomic E-state index is 4.04. The van der Waals surface area contributed by atoms with E-state index in [9.17, 15) is 0 Å². The van der Waals surface area contributed by atoms with Gasteiger partial charge in [0.2, 0.25) is 0 Å². The van der Waals surface area contributed by atoms with Gasteiger partial charge in [0.1, 0.15) is 0 Å². The van der Waals surface area contributed by atoms with Crippen molar-refractivity contribution in [2.75, 3.05) is 7.05 Å². The lowest BCUT2D eigenvalue weighted by atomic mass is 9.99. The minimum atomic E-state index is 0.416. The van der Waals surface area contributed by atoms with Crippen LogP contribution in [-0.2, 0) is 6.42 Å². The molecule has 2 nitrogen and oxygen atoms in total. The first-order valence-corrected chi connectivity index (χ1v) is 6.42. The summed E-state index contributed by atoms with van der Waals surface area (Å²) in [7, 11) is 2.02. The third-order valence-electron chi connectivity index (χ3n) is 3.30. The zero-order valence-electron chi connectivity index (χ0n) is 11.1. The third-order valence-corrected chi connectivity index (χ3v) is 3.30. The van der Waals surface area contributed by atoms with Crippen LogP contribution in [0.1, 0.15) is 29.2 Å². The van der Waals surface area contributed by atoms with Crippen molar-refractivity contribution in [2.24, 2.45) is 0 Å². The van der Waals surface area contributed by atoms with Crippen LogP contribution in [0.4, 0.5) is 0 Å². The molecule has 1 heterocycles. The summed E-state index contributed by atoms with van der Waals surface area (Å²) in [6, 6.07) is 13.4. The van der Waals surface area contributed by atoms with Crippen molar-refractivity contribution in [3.8, 4) is 0 Å². The Morgan fingerprint density at radius 2 is 1.72 bits per heavy atom. The van der Waals surface area contributed by atoms with Gasteiger partial charge in [-0.15, -0.1) is 0 Å². The Labute approximate surface area is 109 Å². The monoisotopic (exact) mass is 240 g/mol. The van der Waals surface area contributed by atoms with Crippen LogP contribution in [0.5, 0.6) is 0 Å². The van der Waals surface area contributed by atoms with Crippen LogP contribution >= 0.6 is 0 Å². The van der Waals surface area contributed by atoms with Crippen molar-refractivity contribution >= 4 is 0 Å². The Balaban J connectivity index is 1.99. The number of benzene rings is 1. The van der Waals surface area contributed by atoms with Crippen LogP contribution in [0.25, 0.3) is 0 Å². The summed E-state index contributed by atoms with van der Waals surface area (Å²) in [6.07, 6.45) is 5.89. The first kappa shape index (κ1) is 12.8. The smallest absolute Gasteiger partial charge is 0.0320 e. The van der Waals surface area contributed by atoms with E-state index in [1.807, 2.05) is 19.4 Å². The molecule has 0 aliphatic rings. The van der Waals surface area contributed by atoms with E-state index in [0.717, 1.165) is 12.8 Å². The lowest BCUT2D eigenvalue weighted by molar-refractivity contribution is 0.549. The van der Waals surface area contributed by atoms with Crippen molar-refractivity contribution in [1.29, 1.82) is 0 Å². The highest BCUT2D eigenvalue weighted by molar-refractivity contribution is 5.24. The fourth-order valence-corrected chi connectivity index (χ4v) is 2.14. The molecule has 0 radical (unpaired) electrons. The van der Waals surface area contributed by atoms with Crippen molar-refractivity contribution in [2.45, 2.75) is 25.8 Å². The van der Waals surface area contributed by atoms with Crippen LogP contribution in [0, 0.1) is 6.92 Å². The SMILES string of the molecule is CNC(CCc1ccncc1)c1ccc(C)cc1. The highest BCUT2D eigenvalue weighted by Gasteiger charge is 2.08. The maximum absolute atomic E-state index is 4.04. The van der Waals surface area contributed by atoms with E-state index < -0.39 is 0 Å². The van der Waals surface area contributed by atoms with Gasteiger partial charge in [0, 0.05) is 18.4 Å². The minimum absolute atomic E-state index is 0.416. The second-order valence-corrected chi connectivity index (χ2v) is 4.65.